The molecule has 0 fully saturated rings. The first-order chi connectivity index (χ1) is 18.1. The topological polar surface area (TPSA) is 146 Å². The van der Waals surface area contributed by atoms with Gasteiger partial charge in [0.05, 0.1) is 28.0 Å². The van der Waals surface area contributed by atoms with Gasteiger partial charge in [-0.3, -0.25) is 19.3 Å². The van der Waals surface area contributed by atoms with Crippen LogP contribution in [0.5, 0.6) is 0 Å². The molecule has 0 unspecified atom stereocenters. The first-order valence-corrected chi connectivity index (χ1v) is 12.6. The van der Waals surface area contributed by atoms with Crippen molar-refractivity contribution in [3.05, 3.63) is 51.3 Å². The van der Waals surface area contributed by atoms with Gasteiger partial charge in [0.1, 0.15) is 23.0 Å². The third-order valence-electron chi connectivity index (χ3n) is 6.88. The molecule has 0 saturated heterocycles. The van der Waals surface area contributed by atoms with Gasteiger partial charge < -0.3 is 20.6 Å². The first-order valence-electron chi connectivity index (χ1n) is 12.2. The summed E-state index contributed by atoms with van der Waals surface area (Å²) in [5, 5.41) is 12.0. The Morgan fingerprint density at radius 2 is 1.82 bits per heavy atom. The number of carbonyl (C=O) groups is 1. The molecule has 0 radical (unpaired) electrons. The summed E-state index contributed by atoms with van der Waals surface area (Å²) in [5.74, 6) is 0.736. The van der Waals surface area contributed by atoms with Crippen LogP contribution in [0.15, 0.2) is 29.2 Å². The molecule has 12 heteroatoms. The van der Waals surface area contributed by atoms with Gasteiger partial charge in [-0.25, -0.2) is 9.97 Å². The predicted octanol–water partition coefficient (Wildman–Crippen LogP) is 3.56. The zero-order valence-electron chi connectivity index (χ0n) is 21.4. The highest BCUT2D eigenvalue weighted by atomic mass is 35.5. The number of halogens is 1. The van der Waals surface area contributed by atoms with E-state index in [0.29, 0.717) is 52.5 Å². The first kappa shape index (κ1) is 24.1. The van der Waals surface area contributed by atoms with Gasteiger partial charge >= 0.3 is 0 Å². The number of amides is 1. The van der Waals surface area contributed by atoms with Crippen molar-refractivity contribution in [2.45, 2.75) is 34.2 Å². The molecule has 5 aromatic rings. The highest BCUT2D eigenvalue weighted by molar-refractivity contribution is 6.30. The summed E-state index contributed by atoms with van der Waals surface area (Å²) in [6.45, 7) is 8.88. The van der Waals surface area contributed by atoms with Crippen molar-refractivity contribution in [3.63, 3.8) is 0 Å². The maximum absolute atomic E-state index is 13.2. The minimum atomic E-state index is -0.318. The normalized spacial score (nSPS) is 15.4. The van der Waals surface area contributed by atoms with E-state index in [-0.39, 0.29) is 28.6 Å². The highest BCUT2D eigenvalue weighted by Gasteiger charge is 2.24. The zero-order valence-corrected chi connectivity index (χ0v) is 22.1. The fourth-order valence-corrected chi connectivity index (χ4v) is 5.04. The Balaban J connectivity index is 1.62. The molecule has 0 saturated carbocycles. The van der Waals surface area contributed by atoms with Gasteiger partial charge in [-0.1, -0.05) is 25.4 Å². The second-order valence-corrected chi connectivity index (χ2v) is 10.8. The van der Waals surface area contributed by atoms with Crippen molar-refractivity contribution in [2.24, 2.45) is 5.41 Å². The molecule has 0 aromatic carbocycles. The van der Waals surface area contributed by atoms with E-state index in [2.05, 4.69) is 35.7 Å². The number of hydrogen-bond acceptors (Lipinski definition) is 7. The number of nitrogens with zero attached hydrogens (tertiary/aromatic N) is 5. The fourth-order valence-electron chi connectivity index (χ4n) is 4.85. The van der Waals surface area contributed by atoms with E-state index >= 15 is 0 Å². The summed E-state index contributed by atoms with van der Waals surface area (Å²) in [6, 6.07) is 5.21. The number of nitrogens with one attached hydrogen (secondary N) is 4. The van der Waals surface area contributed by atoms with Gasteiger partial charge in [-0.2, -0.15) is 5.10 Å². The summed E-state index contributed by atoms with van der Waals surface area (Å²) in [5.41, 5.74) is 4.60. The molecular formula is C26H26ClN9O2. The molecule has 0 atom stereocenters. The quantitative estimate of drug-likeness (QED) is 0.223. The third kappa shape index (κ3) is 4.08. The maximum atomic E-state index is 13.2. The van der Waals surface area contributed by atoms with Gasteiger partial charge in [0.25, 0.3) is 5.56 Å². The molecule has 0 aliphatic carbocycles. The van der Waals surface area contributed by atoms with Crippen LogP contribution in [0.1, 0.15) is 25.2 Å². The van der Waals surface area contributed by atoms with Crippen LogP contribution in [0.25, 0.3) is 44.6 Å². The standard InChI is InChI=1S/C26H26ClN9O2/c1-12-20-13(2)36(35-12)9-19(37)29-10-26(3,4)11-30-24-22-17(8-18(27)33-24)31-23(34-22)15-7-14-16(32-25(15)38)5-6-28-21(14)20/h5-8H,9-11H2,1-4H3,(H,29,37)(H,30,33)(H,31,34)(H,32,38). The number of aryl methyl sites for hydroxylation is 1. The lowest BCUT2D eigenvalue weighted by atomic mass is 9.93. The predicted molar refractivity (Wildman–Crippen MR) is 146 cm³/mol. The highest BCUT2D eigenvalue weighted by Crippen LogP contribution is 2.33. The van der Waals surface area contributed by atoms with E-state index in [4.69, 9.17) is 16.6 Å². The Morgan fingerprint density at radius 3 is 2.63 bits per heavy atom. The van der Waals surface area contributed by atoms with Gasteiger partial charge in [0, 0.05) is 42.0 Å². The molecule has 38 heavy (non-hydrogen) atoms. The summed E-state index contributed by atoms with van der Waals surface area (Å²) in [7, 11) is 0. The van der Waals surface area contributed by atoms with Crippen molar-refractivity contribution in [1.82, 2.24) is 40.0 Å². The van der Waals surface area contributed by atoms with E-state index in [0.717, 1.165) is 22.3 Å². The fraction of sp³-hybridized carbons (Fsp3) is 0.308. The average Bonchev–Trinajstić information content (AvgIpc) is 3.40. The monoisotopic (exact) mass is 531 g/mol. The molecule has 4 N–H and O–H groups in total. The molecule has 11 nitrogen and oxygen atoms in total. The van der Waals surface area contributed by atoms with Crippen molar-refractivity contribution >= 4 is 45.3 Å². The zero-order chi connectivity index (χ0) is 26.8. The van der Waals surface area contributed by atoms with E-state index < -0.39 is 0 Å². The Bertz CT molecular complexity index is 1820. The smallest absolute Gasteiger partial charge is 0.259 e. The number of anilines is 1. The molecule has 6 rings (SSSR count). The second kappa shape index (κ2) is 8.66. The Kier molecular flexibility index (Phi) is 5.49. The van der Waals surface area contributed by atoms with Crippen molar-refractivity contribution in [1.29, 1.82) is 0 Å². The molecule has 1 aliphatic rings. The van der Waals surface area contributed by atoms with Crippen LogP contribution in [-0.4, -0.2) is 53.7 Å². The summed E-state index contributed by atoms with van der Waals surface area (Å²) in [4.78, 5) is 46.1. The number of aromatic nitrogens is 7. The van der Waals surface area contributed by atoms with Crippen LogP contribution in [0.4, 0.5) is 5.82 Å². The molecular weight excluding hydrogens is 506 g/mol. The minimum absolute atomic E-state index is 0.0765. The number of fused-ring (bicyclic) bond motifs is 6. The van der Waals surface area contributed by atoms with E-state index in [9.17, 15) is 9.59 Å². The van der Waals surface area contributed by atoms with E-state index in [1.54, 1.807) is 29.1 Å². The van der Waals surface area contributed by atoms with Crippen LogP contribution in [0.2, 0.25) is 5.15 Å². The maximum Gasteiger partial charge on any atom is 0.259 e. The summed E-state index contributed by atoms with van der Waals surface area (Å²) < 4.78 is 1.69. The number of H-pyrrole nitrogens is 2. The molecule has 0 spiro atoms. The van der Waals surface area contributed by atoms with Crippen LogP contribution in [0.3, 0.4) is 0 Å². The van der Waals surface area contributed by atoms with Gasteiger partial charge in [-0.05, 0) is 31.4 Å². The number of carbonyl (C=O) groups excluding carboxylic acids is 1. The average molecular weight is 532 g/mol. The SMILES string of the molecule is Cc1nn2c(C)c1-c1nccc3[nH]c(=O)c(cc13)-c1nc3c(nc(Cl)cc3[nH]1)NCC(C)(C)CNC(=O)C2. The van der Waals surface area contributed by atoms with Crippen LogP contribution in [0, 0.1) is 19.3 Å². The molecule has 1 aliphatic heterocycles. The Morgan fingerprint density at radius 1 is 1.03 bits per heavy atom. The number of aromatic amines is 2. The number of rotatable bonds is 0. The minimum Gasteiger partial charge on any atom is -0.368 e. The molecule has 1 amide bonds. The lowest BCUT2D eigenvalue weighted by Gasteiger charge is -2.25. The number of hydrogen-bond donors (Lipinski definition) is 4. The van der Waals surface area contributed by atoms with Crippen molar-refractivity contribution in [3.8, 4) is 22.6 Å². The summed E-state index contributed by atoms with van der Waals surface area (Å²) >= 11 is 6.32. The number of pyridine rings is 3. The summed E-state index contributed by atoms with van der Waals surface area (Å²) in [6.07, 6.45) is 1.65. The lowest BCUT2D eigenvalue weighted by molar-refractivity contribution is -0.122. The molecule has 5 aromatic heterocycles. The van der Waals surface area contributed by atoms with E-state index in [1.807, 2.05) is 27.7 Å². The molecule has 6 bridgehead atoms. The second-order valence-electron chi connectivity index (χ2n) is 10.4. The van der Waals surface area contributed by atoms with Crippen molar-refractivity contribution in [2.75, 3.05) is 18.4 Å². The lowest BCUT2D eigenvalue weighted by Crippen LogP contribution is -2.39. The van der Waals surface area contributed by atoms with Gasteiger partial charge in [0.2, 0.25) is 5.91 Å². The Labute approximate surface area is 222 Å². The van der Waals surface area contributed by atoms with E-state index in [1.165, 1.54) is 0 Å². The van der Waals surface area contributed by atoms with Crippen molar-refractivity contribution < 1.29 is 4.79 Å². The Hall–Kier alpha value is -4.25. The number of imidazole rings is 1. The van der Waals surface area contributed by atoms with Crippen LogP contribution < -0.4 is 16.2 Å². The van der Waals surface area contributed by atoms with Gasteiger partial charge in [-0.15, -0.1) is 0 Å². The molecule has 6 heterocycles. The third-order valence-corrected chi connectivity index (χ3v) is 7.07. The largest absolute Gasteiger partial charge is 0.368 e. The van der Waals surface area contributed by atoms with Crippen LogP contribution >= 0.6 is 11.6 Å². The van der Waals surface area contributed by atoms with Gasteiger partial charge in [0.15, 0.2) is 5.82 Å². The molecule has 194 valence electrons. The van der Waals surface area contributed by atoms with Crippen LogP contribution in [-0.2, 0) is 11.3 Å².